The molecule has 2 heterocycles. The standard InChI is InChI=1S/C18H25N3OS/c1-20-12-9-19-18(20)17(22)14-7-10-21(11-8-14)13-15-5-3-4-6-16(15)23-2/h3-6,9,12,14,17,22H,7-8,10-11,13H2,1-2H3. The molecule has 0 bridgehead atoms. The lowest BCUT2D eigenvalue weighted by molar-refractivity contribution is 0.0490. The van der Waals surface area contributed by atoms with Gasteiger partial charge in [0, 0.05) is 30.9 Å². The normalized spacial score (nSPS) is 18.2. The van der Waals surface area contributed by atoms with Gasteiger partial charge in [0.2, 0.25) is 0 Å². The van der Waals surface area contributed by atoms with Crippen LogP contribution in [0.2, 0.25) is 0 Å². The Kier molecular flexibility index (Phi) is 5.41. The van der Waals surface area contributed by atoms with Gasteiger partial charge in [0.25, 0.3) is 0 Å². The second-order valence-electron chi connectivity index (χ2n) is 6.27. The molecule has 4 nitrogen and oxygen atoms in total. The third kappa shape index (κ3) is 3.79. The van der Waals surface area contributed by atoms with Gasteiger partial charge < -0.3 is 9.67 Å². The Labute approximate surface area is 142 Å². The van der Waals surface area contributed by atoms with Gasteiger partial charge in [0.05, 0.1) is 0 Å². The average molecular weight is 331 g/mol. The number of hydrogen-bond acceptors (Lipinski definition) is 4. The summed E-state index contributed by atoms with van der Waals surface area (Å²) in [4.78, 5) is 8.16. The summed E-state index contributed by atoms with van der Waals surface area (Å²) >= 11 is 1.81. The molecule has 23 heavy (non-hydrogen) atoms. The van der Waals surface area contributed by atoms with Crippen LogP contribution in [0.4, 0.5) is 0 Å². The zero-order chi connectivity index (χ0) is 16.2. The van der Waals surface area contributed by atoms with Crippen LogP contribution in [0, 0.1) is 5.92 Å². The summed E-state index contributed by atoms with van der Waals surface area (Å²) in [5, 5.41) is 10.6. The first-order chi connectivity index (χ1) is 11.2. The molecule has 3 rings (SSSR count). The molecule has 0 spiro atoms. The molecule has 0 radical (unpaired) electrons. The van der Waals surface area contributed by atoms with Crippen molar-refractivity contribution in [1.29, 1.82) is 0 Å². The SMILES string of the molecule is CSc1ccccc1CN1CCC(C(O)c2nccn2C)CC1. The summed E-state index contributed by atoms with van der Waals surface area (Å²) in [6, 6.07) is 8.63. The number of rotatable bonds is 5. The molecule has 1 N–H and O–H groups in total. The largest absolute Gasteiger partial charge is 0.385 e. The van der Waals surface area contributed by atoms with E-state index < -0.39 is 6.10 Å². The van der Waals surface area contributed by atoms with Gasteiger partial charge in [-0.05, 0) is 49.7 Å². The summed E-state index contributed by atoms with van der Waals surface area (Å²) < 4.78 is 1.92. The first-order valence-electron chi connectivity index (χ1n) is 8.18. The predicted molar refractivity (Wildman–Crippen MR) is 94.4 cm³/mol. The van der Waals surface area contributed by atoms with Gasteiger partial charge in [-0.25, -0.2) is 4.98 Å². The van der Waals surface area contributed by atoms with Gasteiger partial charge in [-0.1, -0.05) is 18.2 Å². The zero-order valence-electron chi connectivity index (χ0n) is 13.9. The van der Waals surface area contributed by atoms with E-state index in [0.717, 1.165) is 38.3 Å². The van der Waals surface area contributed by atoms with Gasteiger partial charge in [-0.3, -0.25) is 4.90 Å². The summed E-state index contributed by atoms with van der Waals surface area (Å²) in [7, 11) is 1.94. The zero-order valence-corrected chi connectivity index (χ0v) is 14.7. The molecular weight excluding hydrogens is 306 g/mol. The molecule has 1 aliphatic rings. The van der Waals surface area contributed by atoms with Crippen LogP contribution in [0.15, 0.2) is 41.6 Å². The van der Waals surface area contributed by atoms with Crippen LogP contribution in [0.25, 0.3) is 0 Å². The summed E-state index contributed by atoms with van der Waals surface area (Å²) in [6.45, 7) is 3.08. The number of benzene rings is 1. The highest BCUT2D eigenvalue weighted by molar-refractivity contribution is 7.98. The minimum atomic E-state index is -0.448. The second-order valence-corrected chi connectivity index (χ2v) is 7.11. The van der Waals surface area contributed by atoms with Crippen molar-refractivity contribution >= 4 is 11.8 Å². The summed E-state index contributed by atoms with van der Waals surface area (Å²) in [6.07, 6.45) is 7.38. The number of aromatic nitrogens is 2. The molecule has 5 heteroatoms. The molecular formula is C18H25N3OS. The Morgan fingerprint density at radius 1 is 1.30 bits per heavy atom. The van der Waals surface area contributed by atoms with Crippen molar-refractivity contribution in [2.45, 2.75) is 30.4 Å². The molecule has 2 aromatic rings. The molecule has 1 aromatic heterocycles. The van der Waals surface area contributed by atoms with E-state index in [0.29, 0.717) is 5.92 Å². The monoisotopic (exact) mass is 331 g/mol. The Balaban J connectivity index is 1.57. The molecule has 1 fully saturated rings. The number of likely N-dealkylation sites (tertiary alicyclic amines) is 1. The van der Waals surface area contributed by atoms with Crippen molar-refractivity contribution in [3.63, 3.8) is 0 Å². The fraction of sp³-hybridized carbons (Fsp3) is 0.500. The van der Waals surface area contributed by atoms with Crippen LogP contribution in [0.3, 0.4) is 0 Å². The number of hydrogen-bond donors (Lipinski definition) is 1. The Morgan fingerprint density at radius 3 is 2.70 bits per heavy atom. The van der Waals surface area contributed by atoms with Crippen molar-refractivity contribution in [3.05, 3.63) is 48.0 Å². The minimum absolute atomic E-state index is 0.308. The lowest BCUT2D eigenvalue weighted by Crippen LogP contribution is -2.35. The second kappa shape index (κ2) is 7.51. The first-order valence-corrected chi connectivity index (χ1v) is 9.41. The van der Waals surface area contributed by atoms with Gasteiger partial charge in [-0.15, -0.1) is 11.8 Å². The lowest BCUT2D eigenvalue weighted by atomic mass is 9.90. The van der Waals surface area contributed by atoms with E-state index in [9.17, 15) is 5.11 Å². The molecule has 1 atom stereocenters. The van der Waals surface area contributed by atoms with Crippen LogP contribution in [0.5, 0.6) is 0 Å². The van der Waals surface area contributed by atoms with E-state index in [4.69, 9.17) is 0 Å². The quantitative estimate of drug-likeness (QED) is 0.855. The van der Waals surface area contributed by atoms with Crippen molar-refractivity contribution in [3.8, 4) is 0 Å². The van der Waals surface area contributed by atoms with E-state index in [1.54, 1.807) is 6.20 Å². The minimum Gasteiger partial charge on any atom is -0.385 e. The van der Waals surface area contributed by atoms with Gasteiger partial charge in [-0.2, -0.15) is 0 Å². The highest BCUT2D eigenvalue weighted by atomic mass is 32.2. The van der Waals surface area contributed by atoms with Gasteiger partial charge >= 0.3 is 0 Å². The van der Waals surface area contributed by atoms with E-state index in [2.05, 4.69) is 40.4 Å². The van der Waals surface area contributed by atoms with Crippen molar-refractivity contribution < 1.29 is 5.11 Å². The van der Waals surface area contributed by atoms with Crippen molar-refractivity contribution in [2.24, 2.45) is 13.0 Å². The molecule has 0 saturated carbocycles. The van der Waals surface area contributed by atoms with Crippen LogP contribution >= 0.6 is 11.8 Å². The summed E-state index contributed by atoms with van der Waals surface area (Å²) in [5.41, 5.74) is 1.41. The number of aryl methyl sites for hydroxylation is 1. The van der Waals surface area contributed by atoms with Gasteiger partial charge in [0.15, 0.2) is 0 Å². The Hall–Kier alpha value is -1.30. The van der Waals surface area contributed by atoms with E-state index >= 15 is 0 Å². The van der Waals surface area contributed by atoms with E-state index in [1.165, 1.54) is 10.5 Å². The summed E-state index contributed by atoms with van der Waals surface area (Å²) in [5.74, 6) is 1.10. The average Bonchev–Trinajstić information content (AvgIpc) is 3.01. The highest BCUT2D eigenvalue weighted by Gasteiger charge is 2.28. The number of nitrogens with zero attached hydrogens (tertiary/aromatic N) is 3. The highest BCUT2D eigenvalue weighted by Crippen LogP contribution is 2.31. The van der Waals surface area contributed by atoms with E-state index in [1.807, 2.05) is 29.6 Å². The maximum absolute atomic E-state index is 10.6. The maximum Gasteiger partial charge on any atom is 0.137 e. The topological polar surface area (TPSA) is 41.3 Å². The van der Waals surface area contributed by atoms with Crippen LogP contribution in [0.1, 0.15) is 30.3 Å². The fourth-order valence-electron chi connectivity index (χ4n) is 3.37. The number of aliphatic hydroxyl groups excluding tert-OH is 1. The number of thioether (sulfide) groups is 1. The molecule has 1 unspecified atom stereocenters. The molecule has 124 valence electrons. The number of imidazole rings is 1. The number of piperidine rings is 1. The molecule has 0 aliphatic carbocycles. The van der Waals surface area contributed by atoms with E-state index in [-0.39, 0.29) is 0 Å². The molecule has 1 saturated heterocycles. The van der Waals surface area contributed by atoms with Gasteiger partial charge in [0.1, 0.15) is 11.9 Å². The van der Waals surface area contributed by atoms with Crippen molar-refractivity contribution in [1.82, 2.24) is 14.5 Å². The molecule has 0 amide bonds. The maximum atomic E-state index is 10.6. The Bertz CT molecular complexity index is 635. The molecule has 1 aliphatic heterocycles. The molecule has 1 aromatic carbocycles. The third-order valence-electron chi connectivity index (χ3n) is 4.79. The van der Waals surface area contributed by atoms with Crippen molar-refractivity contribution in [2.75, 3.05) is 19.3 Å². The third-order valence-corrected chi connectivity index (χ3v) is 5.63. The predicted octanol–water partition coefficient (Wildman–Crippen LogP) is 3.09. The fourth-order valence-corrected chi connectivity index (χ4v) is 3.98. The smallest absolute Gasteiger partial charge is 0.137 e. The van der Waals surface area contributed by atoms with Crippen LogP contribution in [-0.4, -0.2) is 38.9 Å². The lowest BCUT2D eigenvalue weighted by Gasteiger charge is -2.34. The number of aliphatic hydroxyl groups is 1. The van der Waals surface area contributed by atoms with Crippen LogP contribution < -0.4 is 0 Å². The Morgan fingerprint density at radius 2 is 2.04 bits per heavy atom. The van der Waals surface area contributed by atoms with Crippen LogP contribution in [-0.2, 0) is 13.6 Å². The first kappa shape index (κ1) is 16.6.